The van der Waals surface area contributed by atoms with Crippen LogP contribution in [0, 0.1) is 0 Å². The number of methoxy groups -OCH3 is 1. The van der Waals surface area contributed by atoms with E-state index >= 15 is 0 Å². The number of rotatable bonds is 11. The molecule has 0 spiro atoms. The molecule has 0 saturated carbocycles. The minimum atomic E-state index is -0.950. The predicted molar refractivity (Wildman–Crippen MR) is 161 cm³/mol. The number of ether oxygens (including phenoxy) is 2. The van der Waals surface area contributed by atoms with Crippen LogP contribution in [0.25, 0.3) is 5.76 Å². The third-order valence-corrected chi connectivity index (χ3v) is 8.68. The van der Waals surface area contributed by atoms with Gasteiger partial charge in [0.2, 0.25) is 5.13 Å². The van der Waals surface area contributed by atoms with Gasteiger partial charge < -0.3 is 14.6 Å². The lowest BCUT2D eigenvalue weighted by Crippen LogP contribution is -2.29. The maximum atomic E-state index is 13.5. The molecule has 10 heteroatoms. The summed E-state index contributed by atoms with van der Waals surface area (Å²) < 4.78 is 12.2. The molecular formula is C31H29N3O5S2. The minimum Gasteiger partial charge on any atom is -0.507 e. The van der Waals surface area contributed by atoms with E-state index in [9.17, 15) is 14.7 Å². The first-order valence-corrected chi connectivity index (χ1v) is 15.0. The van der Waals surface area contributed by atoms with Gasteiger partial charge in [0.25, 0.3) is 5.78 Å². The Hall–Kier alpha value is -4.15. The number of nitrogens with zero attached hydrogens (tertiary/aromatic N) is 3. The molecule has 1 saturated heterocycles. The van der Waals surface area contributed by atoms with Crippen LogP contribution in [0.3, 0.4) is 0 Å². The summed E-state index contributed by atoms with van der Waals surface area (Å²) in [6.45, 7) is 2.62. The summed E-state index contributed by atoms with van der Waals surface area (Å²) in [5.41, 5.74) is 2.09. The van der Waals surface area contributed by atoms with Gasteiger partial charge in [-0.1, -0.05) is 103 Å². The van der Waals surface area contributed by atoms with Gasteiger partial charge in [-0.3, -0.25) is 14.5 Å². The Kier molecular flexibility index (Phi) is 9.01. The zero-order valence-corrected chi connectivity index (χ0v) is 24.3. The van der Waals surface area contributed by atoms with Gasteiger partial charge in [0, 0.05) is 11.3 Å². The van der Waals surface area contributed by atoms with Crippen LogP contribution < -0.4 is 14.4 Å². The number of aliphatic hydroxyl groups is 1. The number of hydrogen-bond acceptors (Lipinski definition) is 9. The van der Waals surface area contributed by atoms with Gasteiger partial charge in [-0.05, 0) is 29.7 Å². The summed E-state index contributed by atoms with van der Waals surface area (Å²) in [4.78, 5) is 28.3. The van der Waals surface area contributed by atoms with Gasteiger partial charge in [-0.2, -0.15) is 0 Å². The van der Waals surface area contributed by atoms with Gasteiger partial charge in [-0.15, -0.1) is 10.2 Å². The highest BCUT2D eigenvalue weighted by Crippen LogP contribution is 2.45. The third kappa shape index (κ3) is 6.13. The number of carbonyl (C=O) groups excluding carboxylic acids is 2. The van der Waals surface area contributed by atoms with Crippen molar-refractivity contribution in [3.63, 3.8) is 0 Å². The van der Waals surface area contributed by atoms with Crippen LogP contribution in [0.15, 0.2) is 88.8 Å². The fourth-order valence-electron chi connectivity index (χ4n) is 4.47. The molecule has 1 atom stereocenters. The SMILES string of the molecule is CCCCOc1ccc(C2/C(=C(/O)c3ccccc3)C(=O)C(=O)N2c2nnc(SCc3ccccc3)s2)cc1OC. The van der Waals surface area contributed by atoms with Crippen LogP contribution in [-0.4, -0.2) is 40.7 Å². The maximum absolute atomic E-state index is 13.5. The molecule has 0 aliphatic carbocycles. The maximum Gasteiger partial charge on any atom is 0.301 e. The lowest BCUT2D eigenvalue weighted by atomic mass is 9.95. The van der Waals surface area contributed by atoms with Crippen molar-refractivity contribution in [1.82, 2.24) is 10.2 Å². The first-order chi connectivity index (χ1) is 20.0. The Labute approximate surface area is 246 Å². The van der Waals surface area contributed by atoms with Crippen molar-refractivity contribution in [2.24, 2.45) is 0 Å². The number of anilines is 1. The number of aromatic nitrogens is 2. The van der Waals surface area contributed by atoms with Gasteiger partial charge >= 0.3 is 5.91 Å². The first kappa shape index (κ1) is 28.4. The number of carbonyl (C=O) groups is 2. The Morgan fingerprint density at radius 3 is 2.44 bits per heavy atom. The highest BCUT2D eigenvalue weighted by Gasteiger charge is 2.48. The fourth-order valence-corrected chi connectivity index (χ4v) is 6.30. The number of amides is 1. The predicted octanol–water partition coefficient (Wildman–Crippen LogP) is 6.64. The molecule has 1 N–H and O–H groups in total. The molecule has 1 fully saturated rings. The summed E-state index contributed by atoms with van der Waals surface area (Å²) in [6, 6.07) is 23.0. The van der Waals surface area contributed by atoms with Gasteiger partial charge in [-0.25, -0.2) is 0 Å². The molecule has 2 heterocycles. The number of unbranched alkanes of at least 4 members (excludes halogenated alkanes) is 1. The molecule has 3 aromatic carbocycles. The Morgan fingerprint density at radius 1 is 1.00 bits per heavy atom. The van der Waals surface area contributed by atoms with Crippen LogP contribution in [0.5, 0.6) is 11.5 Å². The molecule has 1 aliphatic heterocycles. The molecule has 1 aromatic heterocycles. The second-order valence-electron chi connectivity index (χ2n) is 9.27. The largest absolute Gasteiger partial charge is 0.507 e. The van der Waals surface area contributed by atoms with Gasteiger partial charge in [0.15, 0.2) is 15.8 Å². The molecule has 8 nitrogen and oxygen atoms in total. The molecule has 0 radical (unpaired) electrons. The van der Waals surface area contributed by atoms with Crippen LogP contribution >= 0.6 is 23.1 Å². The summed E-state index contributed by atoms with van der Waals surface area (Å²) in [5.74, 6) is -0.150. The van der Waals surface area contributed by atoms with Crippen LogP contribution in [0.4, 0.5) is 5.13 Å². The molecule has 4 aromatic rings. The molecule has 5 rings (SSSR count). The van der Waals surface area contributed by atoms with Crippen LogP contribution in [0.2, 0.25) is 0 Å². The zero-order valence-electron chi connectivity index (χ0n) is 22.6. The lowest BCUT2D eigenvalue weighted by molar-refractivity contribution is -0.132. The zero-order chi connectivity index (χ0) is 28.8. The Bertz CT molecular complexity index is 1560. The lowest BCUT2D eigenvalue weighted by Gasteiger charge is -2.23. The summed E-state index contributed by atoms with van der Waals surface area (Å²) in [5, 5.41) is 20.2. The standard InChI is InChI=1S/C31H29N3O5S2/c1-3-4-17-39-23-16-15-22(18-24(23)38-2)26-25(27(35)21-13-9-6-10-14-21)28(36)29(37)34(26)30-32-33-31(41-30)40-19-20-11-7-5-8-12-20/h5-16,18,26,35H,3-4,17,19H2,1-2H3/b27-25-. The van der Waals surface area contributed by atoms with E-state index in [1.165, 1.54) is 35.1 Å². The van der Waals surface area contributed by atoms with Gasteiger partial charge in [0.05, 0.1) is 25.3 Å². The number of aliphatic hydroxyl groups excluding tert-OH is 1. The Balaban J connectivity index is 1.55. The van der Waals surface area contributed by atoms with Crippen molar-refractivity contribution in [2.45, 2.75) is 35.9 Å². The van der Waals surface area contributed by atoms with Crippen molar-refractivity contribution in [2.75, 3.05) is 18.6 Å². The molecule has 1 unspecified atom stereocenters. The topological polar surface area (TPSA) is 102 Å². The number of hydrogen-bond donors (Lipinski definition) is 1. The average Bonchev–Trinajstić information content (AvgIpc) is 3.58. The monoisotopic (exact) mass is 587 g/mol. The first-order valence-electron chi connectivity index (χ1n) is 13.2. The smallest absolute Gasteiger partial charge is 0.301 e. The molecule has 41 heavy (non-hydrogen) atoms. The van der Waals surface area contributed by atoms with E-state index in [1.54, 1.807) is 42.5 Å². The van der Waals surface area contributed by atoms with E-state index in [2.05, 4.69) is 17.1 Å². The van der Waals surface area contributed by atoms with Gasteiger partial charge in [0.1, 0.15) is 5.76 Å². The van der Waals surface area contributed by atoms with Crippen molar-refractivity contribution >= 4 is 45.7 Å². The highest BCUT2D eigenvalue weighted by atomic mass is 32.2. The fraction of sp³-hybridized carbons (Fsp3) is 0.226. The third-order valence-electron chi connectivity index (χ3n) is 6.56. The normalized spacial score (nSPS) is 16.2. The molecular weight excluding hydrogens is 558 g/mol. The number of thioether (sulfide) groups is 1. The van der Waals surface area contributed by atoms with E-state index in [0.717, 1.165) is 18.4 Å². The second-order valence-corrected chi connectivity index (χ2v) is 11.5. The highest BCUT2D eigenvalue weighted by molar-refractivity contribution is 8.00. The summed E-state index contributed by atoms with van der Waals surface area (Å²) in [7, 11) is 1.54. The minimum absolute atomic E-state index is 0.0309. The van der Waals surface area contributed by atoms with E-state index in [1.807, 2.05) is 36.4 Å². The van der Waals surface area contributed by atoms with E-state index < -0.39 is 17.7 Å². The van der Waals surface area contributed by atoms with E-state index in [4.69, 9.17) is 9.47 Å². The van der Waals surface area contributed by atoms with E-state index in [0.29, 0.717) is 39.3 Å². The average molecular weight is 588 g/mol. The van der Waals surface area contributed by atoms with Crippen molar-refractivity contribution in [3.8, 4) is 11.5 Å². The number of benzene rings is 3. The summed E-state index contributed by atoms with van der Waals surface area (Å²) >= 11 is 2.72. The second kappa shape index (κ2) is 13.0. The van der Waals surface area contributed by atoms with E-state index in [-0.39, 0.29) is 16.5 Å². The number of Topliss-reactive ketones (excluding diaryl/α,β-unsaturated/α-hetero) is 1. The molecule has 0 bridgehead atoms. The molecule has 210 valence electrons. The quantitative estimate of drug-likeness (QED) is 0.0520. The molecule has 1 aliphatic rings. The van der Waals surface area contributed by atoms with Crippen LogP contribution in [-0.2, 0) is 15.3 Å². The number of ketones is 1. The Morgan fingerprint density at radius 2 is 1.73 bits per heavy atom. The van der Waals surface area contributed by atoms with Crippen LogP contribution in [0.1, 0.15) is 42.5 Å². The van der Waals surface area contributed by atoms with Crippen molar-refractivity contribution in [1.29, 1.82) is 0 Å². The van der Waals surface area contributed by atoms with Crippen molar-refractivity contribution < 1.29 is 24.2 Å². The summed E-state index contributed by atoms with van der Waals surface area (Å²) in [6.07, 6.45) is 1.88. The van der Waals surface area contributed by atoms with Crippen molar-refractivity contribution in [3.05, 3.63) is 101 Å². The molecule has 1 amide bonds.